The topological polar surface area (TPSA) is 35.6 Å². The SMILES string of the molecule is CC(NCC(=O)N1CCN(c2cccc(Cl)c2)CC1)c1ccc(F)cc1. The molecule has 0 aromatic heterocycles. The summed E-state index contributed by atoms with van der Waals surface area (Å²) in [7, 11) is 0. The Morgan fingerprint density at radius 3 is 2.50 bits per heavy atom. The number of carbonyl (C=O) groups is 1. The van der Waals surface area contributed by atoms with Crippen LogP contribution in [-0.4, -0.2) is 43.5 Å². The van der Waals surface area contributed by atoms with E-state index >= 15 is 0 Å². The van der Waals surface area contributed by atoms with Gasteiger partial charge >= 0.3 is 0 Å². The van der Waals surface area contributed by atoms with E-state index in [1.54, 1.807) is 12.1 Å². The van der Waals surface area contributed by atoms with Gasteiger partial charge in [0.15, 0.2) is 0 Å². The highest BCUT2D eigenvalue weighted by atomic mass is 35.5. The van der Waals surface area contributed by atoms with E-state index in [-0.39, 0.29) is 24.3 Å². The molecule has 0 spiro atoms. The van der Waals surface area contributed by atoms with Crippen molar-refractivity contribution >= 4 is 23.2 Å². The van der Waals surface area contributed by atoms with E-state index in [0.717, 1.165) is 29.4 Å². The molecule has 26 heavy (non-hydrogen) atoms. The molecule has 2 aromatic carbocycles. The van der Waals surface area contributed by atoms with Crippen LogP contribution in [-0.2, 0) is 4.79 Å². The van der Waals surface area contributed by atoms with Crippen LogP contribution in [0.3, 0.4) is 0 Å². The van der Waals surface area contributed by atoms with Gasteiger partial charge in [-0.3, -0.25) is 4.79 Å². The number of nitrogens with zero attached hydrogens (tertiary/aromatic N) is 2. The molecule has 1 aliphatic rings. The normalized spacial score (nSPS) is 15.8. The van der Waals surface area contributed by atoms with Crippen molar-refractivity contribution in [3.63, 3.8) is 0 Å². The molecule has 1 unspecified atom stereocenters. The third-order valence-electron chi connectivity index (χ3n) is 4.74. The summed E-state index contributed by atoms with van der Waals surface area (Å²) in [5.74, 6) is -0.167. The van der Waals surface area contributed by atoms with Gasteiger partial charge in [-0.15, -0.1) is 0 Å². The number of piperazine rings is 1. The molecule has 0 aliphatic carbocycles. The Bertz CT molecular complexity index is 745. The maximum absolute atomic E-state index is 13.0. The van der Waals surface area contributed by atoms with Crippen LogP contribution in [0.25, 0.3) is 0 Å². The van der Waals surface area contributed by atoms with Crippen molar-refractivity contribution in [2.75, 3.05) is 37.6 Å². The fourth-order valence-corrected chi connectivity index (χ4v) is 3.29. The Labute approximate surface area is 158 Å². The molecule has 0 saturated carbocycles. The lowest BCUT2D eigenvalue weighted by Crippen LogP contribution is -2.51. The van der Waals surface area contributed by atoms with Gasteiger partial charge < -0.3 is 15.1 Å². The molecule has 6 heteroatoms. The molecule has 3 rings (SSSR count). The lowest BCUT2D eigenvalue weighted by Gasteiger charge is -2.36. The maximum Gasteiger partial charge on any atom is 0.236 e. The molecule has 138 valence electrons. The summed E-state index contributed by atoms with van der Waals surface area (Å²) >= 11 is 6.05. The maximum atomic E-state index is 13.0. The van der Waals surface area contributed by atoms with Crippen LogP contribution in [0.5, 0.6) is 0 Å². The third kappa shape index (κ3) is 4.74. The Morgan fingerprint density at radius 2 is 1.85 bits per heavy atom. The Kier molecular flexibility index (Phi) is 6.12. The number of nitrogens with one attached hydrogen (secondary N) is 1. The highest BCUT2D eigenvalue weighted by Gasteiger charge is 2.21. The standard InChI is InChI=1S/C20H23ClFN3O/c1-15(16-5-7-18(22)8-6-16)23-14-20(26)25-11-9-24(10-12-25)19-4-2-3-17(21)13-19/h2-8,13,15,23H,9-12,14H2,1H3. The predicted octanol–water partition coefficient (Wildman–Crippen LogP) is 3.48. The second kappa shape index (κ2) is 8.52. The van der Waals surface area contributed by atoms with E-state index in [4.69, 9.17) is 11.6 Å². The molecule has 1 heterocycles. The Hall–Kier alpha value is -2.11. The summed E-state index contributed by atoms with van der Waals surface area (Å²) in [5, 5.41) is 3.94. The zero-order valence-corrected chi connectivity index (χ0v) is 15.5. The summed E-state index contributed by atoms with van der Waals surface area (Å²) in [4.78, 5) is 16.6. The van der Waals surface area contributed by atoms with Crippen LogP contribution in [0.2, 0.25) is 5.02 Å². The monoisotopic (exact) mass is 375 g/mol. The number of hydrogen-bond acceptors (Lipinski definition) is 3. The Balaban J connectivity index is 1.47. The first-order chi connectivity index (χ1) is 12.5. The Morgan fingerprint density at radius 1 is 1.15 bits per heavy atom. The minimum Gasteiger partial charge on any atom is -0.368 e. The van der Waals surface area contributed by atoms with E-state index in [9.17, 15) is 9.18 Å². The number of anilines is 1. The molecule has 4 nitrogen and oxygen atoms in total. The largest absolute Gasteiger partial charge is 0.368 e. The zero-order valence-electron chi connectivity index (χ0n) is 14.8. The minimum atomic E-state index is -0.255. The smallest absolute Gasteiger partial charge is 0.236 e. The molecule has 1 N–H and O–H groups in total. The van der Waals surface area contributed by atoms with E-state index in [1.807, 2.05) is 36.1 Å². The summed E-state index contributed by atoms with van der Waals surface area (Å²) in [6.45, 7) is 5.21. The first-order valence-corrected chi connectivity index (χ1v) is 9.18. The molecule has 2 aromatic rings. The van der Waals surface area contributed by atoms with Crippen molar-refractivity contribution in [3.8, 4) is 0 Å². The second-order valence-corrected chi connectivity index (χ2v) is 6.94. The van der Waals surface area contributed by atoms with Crippen LogP contribution >= 0.6 is 11.6 Å². The lowest BCUT2D eigenvalue weighted by atomic mass is 10.1. The molecule has 0 radical (unpaired) electrons. The molecule has 1 saturated heterocycles. The van der Waals surface area contributed by atoms with Gasteiger partial charge in [0, 0.05) is 42.9 Å². The first-order valence-electron chi connectivity index (χ1n) is 8.80. The quantitative estimate of drug-likeness (QED) is 0.869. The van der Waals surface area contributed by atoms with Gasteiger partial charge in [-0.25, -0.2) is 4.39 Å². The summed E-state index contributed by atoms with van der Waals surface area (Å²) in [5.41, 5.74) is 2.05. The second-order valence-electron chi connectivity index (χ2n) is 6.50. The van der Waals surface area contributed by atoms with Gasteiger partial charge in [0.1, 0.15) is 5.82 Å². The van der Waals surface area contributed by atoms with Crippen molar-refractivity contribution in [2.45, 2.75) is 13.0 Å². The van der Waals surface area contributed by atoms with Crippen molar-refractivity contribution in [1.29, 1.82) is 0 Å². The van der Waals surface area contributed by atoms with E-state index in [2.05, 4.69) is 10.2 Å². The first kappa shape index (κ1) is 18.7. The molecule has 0 bridgehead atoms. The molecule has 1 aliphatic heterocycles. The molecule has 1 fully saturated rings. The molecule has 1 atom stereocenters. The number of amides is 1. The predicted molar refractivity (Wildman–Crippen MR) is 103 cm³/mol. The number of rotatable bonds is 5. The van der Waals surface area contributed by atoms with Gasteiger partial charge in [-0.05, 0) is 42.8 Å². The summed E-state index contributed by atoms with van der Waals surface area (Å²) in [6, 6.07) is 14.1. The van der Waals surface area contributed by atoms with E-state index in [1.165, 1.54) is 12.1 Å². The fraction of sp³-hybridized carbons (Fsp3) is 0.350. The van der Waals surface area contributed by atoms with Gasteiger partial charge in [0.25, 0.3) is 0 Å². The average Bonchev–Trinajstić information content (AvgIpc) is 2.66. The molecular weight excluding hydrogens is 353 g/mol. The van der Waals surface area contributed by atoms with Crippen LogP contribution in [0.15, 0.2) is 48.5 Å². The van der Waals surface area contributed by atoms with E-state index < -0.39 is 0 Å². The zero-order chi connectivity index (χ0) is 18.5. The van der Waals surface area contributed by atoms with E-state index in [0.29, 0.717) is 13.1 Å². The minimum absolute atomic E-state index is 0.00713. The average molecular weight is 376 g/mol. The van der Waals surface area contributed by atoms with Crippen LogP contribution in [0.4, 0.5) is 10.1 Å². The van der Waals surface area contributed by atoms with Crippen molar-refractivity contribution < 1.29 is 9.18 Å². The van der Waals surface area contributed by atoms with Gasteiger partial charge in [-0.1, -0.05) is 29.8 Å². The summed E-state index contributed by atoms with van der Waals surface area (Å²) in [6.07, 6.45) is 0. The van der Waals surface area contributed by atoms with Crippen LogP contribution in [0, 0.1) is 5.82 Å². The molecular formula is C20H23ClFN3O. The van der Waals surface area contributed by atoms with Gasteiger partial charge in [0.05, 0.1) is 6.54 Å². The van der Waals surface area contributed by atoms with Crippen molar-refractivity contribution in [2.24, 2.45) is 0 Å². The number of halogens is 2. The molecule has 1 amide bonds. The van der Waals surface area contributed by atoms with Crippen LogP contribution < -0.4 is 10.2 Å². The van der Waals surface area contributed by atoms with Gasteiger partial charge in [0.2, 0.25) is 5.91 Å². The summed E-state index contributed by atoms with van der Waals surface area (Å²) < 4.78 is 13.0. The lowest BCUT2D eigenvalue weighted by molar-refractivity contribution is -0.130. The van der Waals surface area contributed by atoms with Crippen molar-refractivity contribution in [1.82, 2.24) is 10.2 Å². The number of hydrogen-bond donors (Lipinski definition) is 1. The third-order valence-corrected chi connectivity index (χ3v) is 4.97. The highest BCUT2D eigenvalue weighted by Crippen LogP contribution is 2.21. The van der Waals surface area contributed by atoms with Gasteiger partial charge in [-0.2, -0.15) is 0 Å². The van der Waals surface area contributed by atoms with Crippen LogP contribution in [0.1, 0.15) is 18.5 Å². The number of benzene rings is 2. The number of carbonyl (C=O) groups excluding carboxylic acids is 1. The van der Waals surface area contributed by atoms with Crippen molar-refractivity contribution in [3.05, 3.63) is 64.9 Å². The fourth-order valence-electron chi connectivity index (χ4n) is 3.11. The highest BCUT2D eigenvalue weighted by molar-refractivity contribution is 6.30.